The molecule has 0 atom stereocenters. The van der Waals surface area contributed by atoms with Crippen LogP contribution in [-0.2, 0) is 4.74 Å². The standard InChI is InChI=1S/C19H19N5O/c1-13-7-9-14(10-8-13)17-19-21-18(20-11-12-25-2)15-5-3-4-6-16(15)24(19)23-22-17/h3-10H,11-12H2,1-2H3,(H,20,21). The van der Waals surface area contributed by atoms with Gasteiger partial charge in [-0.05, 0) is 19.1 Å². The lowest BCUT2D eigenvalue weighted by Gasteiger charge is -2.10. The van der Waals surface area contributed by atoms with Crippen LogP contribution in [-0.4, -0.2) is 40.1 Å². The van der Waals surface area contributed by atoms with Crippen molar-refractivity contribution in [1.82, 2.24) is 19.8 Å². The highest BCUT2D eigenvalue weighted by Gasteiger charge is 2.15. The van der Waals surface area contributed by atoms with Gasteiger partial charge in [-0.2, -0.15) is 4.52 Å². The molecular formula is C19H19N5O. The molecule has 0 fully saturated rings. The van der Waals surface area contributed by atoms with Crippen molar-refractivity contribution in [1.29, 1.82) is 0 Å². The predicted octanol–water partition coefficient (Wildman–Crippen LogP) is 3.31. The molecule has 2 aromatic heterocycles. The number of ether oxygens (including phenoxy) is 1. The van der Waals surface area contributed by atoms with E-state index in [1.807, 2.05) is 36.4 Å². The molecule has 0 aliphatic rings. The van der Waals surface area contributed by atoms with Gasteiger partial charge in [0.05, 0.1) is 12.1 Å². The van der Waals surface area contributed by atoms with Crippen LogP contribution in [0.2, 0.25) is 0 Å². The average Bonchev–Trinajstić information content (AvgIpc) is 3.07. The molecule has 0 radical (unpaired) electrons. The van der Waals surface area contributed by atoms with Gasteiger partial charge in [-0.1, -0.05) is 47.2 Å². The predicted molar refractivity (Wildman–Crippen MR) is 98.8 cm³/mol. The van der Waals surface area contributed by atoms with Crippen molar-refractivity contribution in [3.63, 3.8) is 0 Å². The lowest BCUT2D eigenvalue weighted by atomic mass is 10.1. The van der Waals surface area contributed by atoms with Gasteiger partial charge in [-0.15, -0.1) is 5.10 Å². The van der Waals surface area contributed by atoms with E-state index in [4.69, 9.17) is 9.72 Å². The Labute approximate surface area is 145 Å². The number of para-hydroxylation sites is 1. The number of fused-ring (bicyclic) bond motifs is 3. The molecule has 0 bridgehead atoms. The maximum absolute atomic E-state index is 5.13. The van der Waals surface area contributed by atoms with Crippen molar-refractivity contribution in [3.05, 3.63) is 54.1 Å². The molecule has 6 heteroatoms. The molecule has 0 aliphatic heterocycles. The molecule has 6 nitrogen and oxygen atoms in total. The Morgan fingerprint density at radius 3 is 2.68 bits per heavy atom. The molecular weight excluding hydrogens is 314 g/mol. The summed E-state index contributed by atoms with van der Waals surface area (Å²) in [4.78, 5) is 4.81. The summed E-state index contributed by atoms with van der Waals surface area (Å²) >= 11 is 0. The number of hydrogen-bond donors (Lipinski definition) is 1. The van der Waals surface area contributed by atoms with Crippen LogP contribution in [0.1, 0.15) is 5.56 Å². The van der Waals surface area contributed by atoms with Crippen molar-refractivity contribution in [2.45, 2.75) is 6.92 Å². The normalized spacial score (nSPS) is 11.3. The van der Waals surface area contributed by atoms with Crippen molar-refractivity contribution in [2.75, 3.05) is 25.6 Å². The molecule has 4 rings (SSSR count). The quantitative estimate of drug-likeness (QED) is 0.568. The van der Waals surface area contributed by atoms with E-state index in [0.717, 1.165) is 33.6 Å². The Morgan fingerprint density at radius 2 is 1.88 bits per heavy atom. The minimum absolute atomic E-state index is 0.615. The average molecular weight is 333 g/mol. The van der Waals surface area contributed by atoms with E-state index in [2.05, 4.69) is 34.7 Å². The monoisotopic (exact) mass is 333 g/mol. The Bertz CT molecular complexity index is 1020. The van der Waals surface area contributed by atoms with E-state index in [9.17, 15) is 0 Å². The molecule has 25 heavy (non-hydrogen) atoms. The third-order valence-corrected chi connectivity index (χ3v) is 4.18. The SMILES string of the molecule is COCCNc1nc2c(-c3ccc(C)cc3)nnn2c2ccccc12. The molecule has 2 aromatic carbocycles. The van der Waals surface area contributed by atoms with Gasteiger partial charge in [0.1, 0.15) is 11.5 Å². The smallest absolute Gasteiger partial charge is 0.186 e. The number of rotatable bonds is 5. The van der Waals surface area contributed by atoms with Crippen LogP contribution < -0.4 is 5.32 Å². The van der Waals surface area contributed by atoms with Gasteiger partial charge in [-0.25, -0.2) is 4.98 Å². The third kappa shape index (κ3) is 2.81. The maximum Gasteiger partial charge on any atom is 0.186 e. The number of aryl methyl sites for hydroxylation is 1. The molecule has 2 heterocycles. The summed E-state index contributed by atoms with van der Waals surface area (Å²) in [7, 11) is 1.69. The Hall–Kier alpha value is -2.99. The summed E-state index contributed by atoms with van der Waals surface area (Å²) in [5.74, 6) is 0.816. The van der Waals surface area contributed by atoms with E-state index in [0.29, 0.717) is 13.2 Å². The number of anilines is 1. The van der Waals surface area contributed by atoms with Gasteiger partial charge in [0, 0.05) is 24.6 Å². The summed E-state index contributed by atoms with van der Waals surface area (Å²) in [6.07, 6.45) is 0. The molecule has 1 N–H and O–H groups in total. The van der Waals surface area contributed by atoms with Gasteiger partial charge in [0.2, 0.25) is 0 Å². The van der Waals surface area contributed by atoms with Crippen molar-refractivity contribution in [2.24, 2.45) is 0 Å². The number of aromatic nitrogens is 4. The van der Waals surface area contributed by atoms with Crippen LogP contribution in [0.15, 0.2) is 48.5 Å². The van der Waals surface area contributed by atoms with Gasteiger partial charge in [-0.3, -0.25) is 0 Å². The number of nitrogens with one attached hydrogen (secondary N) is 1. The first-order valence-corrected chi connectivity index (χ1v) is 8.22. The fourth-order valence-electron chi connectivity index (χ4n) is 2.87. The van der Waals surface area contributed by atoms with Crippen LogP contribution in [0.25, 0.3) is 27.8 Å². The summed E-state index contributed by atoms with van der Waals surface area (Å²) in [5, 5.41) is 13.1. The van der Waals surface area contributed by atoms with Crippen LogP contribution in [0.5, 0.6) is 0 Å². The van der Waals surface area contributed by atoms with Gasteiger partial charge >= 0.3 is 0 Å². The zero-order valence-corrected chi connectivity index (χ0v) is 14.2. The van der Waals surface area contributed by atoms with Gasteiger partial charge < -0.3 is 10.1 Å². The molecule has 126 valence electrons. The second kappa shape index (κ2) is 6.49. The number of methoxy groups -OCH3 is 1. The number of nitrogens with zero attached hydrogens (tertiary/aromatic N) is 4. The fraction of sp³-hybridized carbons (Fsp3) is 0.211. The van der Waals surface area contributed by atoms with E-state index in [1.54, 1.807) is 11.6 Å². The first kappa shape index (κ1) is 15.5. The fourth-order valence-corrected chi connectivity index (χ4v) is 2.87. The molecule has 0 spiro atoms. The van der Waals surface area contributed by atoms with Crippen molar-refractivity contribution in [3.8, 4) is 11.3 Å². The van der Waals surface area contributed by atoms with Crippen LogP contribution >= 0.6 is 0 Å². The van der Waals surface area contributed by atoms with Crippen LogP contribution in [0.3, 0.4) is 0 Å². The summed E-state index contributed by atoms with van der Waals surface area (Å²) < 4.78 is 6.93. The largest absolute Gasteiger partial charge is 0.383 e. The van der Waals surface area contributed by atoms with E-state index in [1.165, 1.54) is 5.56 Å². The number of hydrogen-bond acceptors (Lipinski definition) is 5. The number of benzene rings is 2. The minimum Gasteiger partial charge on any atom is -0.383 e. The van der Waals surface area contributed by atoms with Gasteiger partial charge in [0.25, 0.3) is 0 Å². The highest BCUT2D eigenvalue weighted by Crippen LogP contribution is 2.27. The van der Waals surface area contributed by atoms with E-state index in [-0.39, 0.29) is 0 Å². The Kier molecular flexibility index (Phi) is 4.03. The van der Waals surface area contributed by atoms with E-state index >= 15 is 0 Å². The zero-order valence-electron chi connectivity index (χ0n) is 14.2. The van der Waals surface area contributed by atoms with Crippen molar-refractivity contribution >= 4 is 22.4 Å². The maximum atomic E-state index is 5.13. The second-order valence-corrected chi connectivity index (χ2v) is 5.94. The molecule has 0 unspecified atom stereocenters. The summed E-state index contributed by atoms with van der Waals surface area (Å²) in [6.45, 7) is 3.37. The third-order valence-electron chi connectivity index (χ3n) is 4.18. The Balaban J connectivity index is 1.91. The van der Waals surface area contributed by atoms with Crippen LogP contribution in [0.4, 0.5) is 5.82 Å². The Morgan fingerprint density at radius 1 is 1.08 bits per heavy atom. The zero-order chi connectivity index (χ0) is 17.2. The molecule has 0 aliphatic carbocycles. The highest BCUT2D eigenvalue weighted by molar-refractivity contribution is 5.93. The van der Waals surface area contributed by atoms with Crippen molar-refractivity contribution < 1.29 is 4.74 Å². The molecule has 0 saturated heterocycles. The lowest BCUT2D eigenvalue weighted by Crippen LogP contribution is -2.10. The molecule has 0 saturated carbocycles. The summed E-state index contributed by atoms with van der Waals surface area (Å²) in [5.41, 5.74) is 4.70. The molecule has 0 amide bonds. The second-order valence-electron chi connectivity index (χ2n) is 5.94. The minimum atomic E-state index is 0.615. The van der Waals surface area contributed by atoms with Crippen LogP contribution in [0, 0.1) is 6.92 Å². The van der Waals surface area contributed by atoms with Gasteiger partial charge in [0.15, 0.2) is 5.65 Å². The first-order valence-electron chi connectivity index (χ1n) is 8.22. The lowest BCUT2D eigenvalue weighted by molar-refractivity contribution is 0.210. The summed E-state index contributed by atoms with van der Waals surface area (Å²) in [6, 6.07) is 16.3. The van der Waals surface area contributed by atoms with E-state index < -0.39 is 0 Å². The topological polar surface area (TPSA) is 64.3 Å². The highest BCUT2D eigenvalue weighted by atomic mass is 16.5. The molecule has 4 aromatic rings. The first-order chi connectivity index (χ1) is 12.3.